The molecule has 1 N–H and O–H groups in total. The summed E-state index contributed by atoms with van der Waals surface area (Å²) in [5.74, 6) is 0. The molecule has 0 aliphatic carbocycles. The Morgan fingerprint density at radius 2 is 1.34 bits per heavy atom. The third kappa shape index (κ3) is 4.41. The molecular weight excluding hydrogens is 440 g/mol. The Morgan fingerprint density at radius 1 is 0.829 bits per heavy atom. The Hall–Kier alpha value is -4.00. The lowest BCUT2D eigenvalue weighted by atomic mass is 9.80. The fraction of sp³-hybridized carbons (Fsp3) is 0.172. The first-order valence-corrected chi connectivity index (χ1v) is 11.5. The monoisotopic (exact) mass is 466 g/mol. The smallest absolute Gasteiger partial charge is 0.330 e. The van der Waals surface area contributed by atoms with Crippen LogP contribution in [-0.2, 0) is 15.1 Å². The molecule has 0 saturated carbocycles. The van der Waals surface area contributed by atoms with Gasteiger partial charge in [0.2, 0.25) is 0 Å². The molecule has 0 spiro atoms. The minimum atomic E-state index is -0.857. The van der Waals surface area contributed by atoms with Gasteiger partial charge in [-0.2, -0.15) is 0 Å². The summed E-state index contributed by atoms with van der Waals surface area (Å²) in [6, 6.07) is 30.4. The highest BCUT2D eigenvalue weighted by molar-refractivity contribution is 5.47. The number of nitrogens with zero attached hydrogens (tertiary/aromatic N) is 1. The molecule has 1 aliphatic heterocycles. The van der Waals surface area contributed by atoms with E-state index in [4.69, 9.17) is 9.47 Å². The number of H-pyrrole nitrogens is 1. The van der Waals surface area contributed by atoms with Gasteiger partial charge in [0.25, 0.3) is 5.56 Å². The molecule has 176 valence electrons. The van der Waals surface area contributed by atoms with Gasteiger partial charge in [0, 0.05) is 11.8 Å². The second-order valence-electron chi connectivity index (χ2n) is 8.52. The number of aromatic nitrogens is 2. The van der Waals surface area contributed by atoms with Gasteiger partial charge >= 0.3 is 5.69 Å². The summed E-state index contributed by atoms with van der Waals surface area (Å²) in [7, 11) is 0. The van der Waals surface area contributed by atoms with Crippen molar-refractivity contribution in [2.45, 2.75) is 24.9 Å². The molecule has 0 fully saturated rings. The number of hydrogen-bond acceptors (Lipinski definition) is 4. The minimum absolute atomic E-state index is 0.253. The van der Waals surface area contributed by atoms with Gasteiger partial charge in [0.1, 0.15) is 11.7 Å². The molecule has 0 bridgehead atoms. The molecule has 6 heteroatoms. The van der Waals surface area contributed by atoms with E-state index in [1.807, 2.05) is 66.7 Å². The Balaban J connectivity index is 1.48. The second kappa shape index (κ2) is 9.70. The van der Waals surface area contributed by atoms with Crippen molar-refractivity contribution in [2.75, 3.05) is 6.61 Å². The zero-order valence-electron chi connectivity index (χ0n) is 19.3. The average molecular weight is 467 g/mol. The van der Waals surface area contributed by atoms with Crippen molar-refractivity contribution in [3.8, 4) is 0 Å². The zero-order chi connectivity index (χ0) is 24.3. The summed E-state index contributed by atoms with van der Waals surface area (Å²) in [5.41, 5.74) is 1.69. The third-order valence-electron chi connectivity index (χ3n) is 6.23. The van der Waals surface area contributed by atoms with E-state index in [-0.39, 0.29) is 12.7 Å². The fourth-order valence-corrected chi connectivity index (χ4v) is 4.49. The van der Waals surface area contributed by atoms with Gasteiger partial charge in [-0.25, -0.2) is 4.79 Å². The molecule has 2 unspecified atom stereocenters. The van der Waals surface area contributed by atoms with E-state index >= 15 is 0 Å². The van der Waals surface area contributed by atoms with Gasteiger partial charge in [-0.3, -0.25) is 14.3 Å². The number of benzene rings is 3. The lowest BCUT2D eigenvalue weighted by molar-refractivity contribution is -0.0685. The topological polar surface area (TPSA) is 73.3 Å². The van der Waals surface area contributed by atoms with Crippen LogP contribution in [0.2, 0.25) is 0 Å². The van der Waals surface area contributed by atoms with Crippen molar-refractivity contribution >= 4 is 0 Å². The SMILES string of the molecule is Cc1cn(C2C=CC(COC(c3ccccc3)(c3ccccc3)c3ccccc3)O2)c(=O)[nH]c1=O. The van der Waals surface area contributed by atoms with Gasteiger partial charge in [-0.05, 0) is 29.7 Å². The molecule has 35 heavy (non-hydrogen) atoms. The van der Waals surface area contributed by atoms with E-state index in [0.717, 1.165) is 16.7 Å². The highest BCUT2D eigenvalue weighted by Gasteiger charge is 2.38. The molecular formula is C29H26N2O4. The third-order valence-corrected chi connectivity index (χ3v) is 6.23. The van der Waals surface area contributed by atoms with E-state index < -0.39 is 23.1 Å². The first kappa shape index (κ1) is 22.8. The molecule has 3 aromatic carbocycles. The molecule has 2 heterocycles. The van der Waals surface area contributed by atoms with Crippen LogP contribution in [0.4, 0.5) is 0 Å². The Kier molecular flexibility index (Phi) is 6.31. The van der Waals surface area contributed by atoms with Crippen LogP contribution in [0, 0.1) is 6.92 Å². The second-order valence-corrected chi connectivity index (χ2v) is 8.52. The van der Waals surface area contributed by atoms with Crippen LogP contribution < -0.4 is 11.2 Å². The lowest BCUT2D eigenvalue weighted by Gasteiger charge is -2.36. The van der Waals surface area contributed by atoms with Crippen LogP contribution in [0.1, 0.15) is 28.5 Å². The number of ether oxygens (including phenoxy) is 2. The molecule has 0 amide bonds. The molecule has 5 rings (SSSR count). The number of hydrogen-bond donors (Lipinski definition) is 1. The van der Waals surface area contributed by atoms with Crippen molar-refractivity contribution < 1.29 is 9.47 Å². The van der Waals surface area contributed by atoms with Crippen LogP contribution in [0.3, 0.4) is 0 Å². The summed E-state index contributed by atoms with van der Waals surface area (Å²) < 4.78 is 14.3. The maximum Gasteiger partial charge on any atom is 0.330 e. The number of rotatable bonds is 7. The molecule has 0 saturated heterocycles. The average Bonchev–Trinajstić information content (AvgIpc) is 3.37. The van der Waals surface area contributed by atoms with Crippen LogP contribution in [-0.4, -0.2) is 22.3 Å². The van der Waals surface area contributed by atoms with Gasteiger partial charge in [-0.1, -0.05) is 97.1 Å². The first-order valence-electron chi connectivity index (χ1n) is 11.5. The van der Waals surface area contributed by atoms with E-state index in [2.05, 4.69) is 41.4 Å². The summed E-state index contributed by atoms with van der Waals surface area (Å²) in [5, 5.41) is 0. The number of aryl methyl sites for hydroxylation is 1. The van der Waals surface area contributed by atoms with Crippen LogP contribution in [0.15, 0.2) is 119 Å². The summed E-state index contributed by atoms with van der Waals surface area (Å²) in [6.45, 7) is 1.91. The molecule has 1 aliphatic rings. The maximum absolute atomic E-state index is 12.3. The van der Waals surface area contributed by atoms with Gasteiger partial charge in [-0.15, -0.1) is 0 Å². The fourth-order valence-electron chi connectivity index (χ4n) is 4.49. The number of aromatic amines is 1. The zero-order valence-corrected chi connectivity index (χ0v) is 19.3. The minimum Gasteiger partial charge on any atom is -0.358 e. The maximum atomic E-state index is 12.3. The Morgan fingerprint density at radius 3 is 1.86 bits per heavy atom. The van der Waals surface area contributed by atoms with Crippen molar-refractivity contribution in [3.05, 3.63) is 152 Å². The molecule has 0 radical (unpaired) electrons. The predicted octanol–water partition coefficient (Wildman–Crippen LogP) is 4.31. The van der Waals surface area contributed by atoms with Crippen LogP contribution in [0.25, 0.3) is 0 Å². The van der Waals surface area contributed by atoms with Crippen LogP contribution in [0.5, 0.6) is 0 Å². The van der Waals surface area contributed by atoms with E-state index in [1.54, 1.807) is 6.92 Å². The van der Waals surface area contributed by atoms with Crippen molar-refractivity contribution in [2.24, 2.45) is 0 Å². The highest BCUT2D eigenvalue weighted by atomic mass is 16.6. The van der Waals surface area contributed by atoms with Gasteiger partial charge < -0.3 is 9.47 Å². The van der Waals surface area contributed by atoms with E-state index in [1.165, 1.54) is 10.8 Å². The quantitative estimate of drug-likeness (QED) is 0.325. The number of nitrogens with one attached hydrogen (secondary N) is 1. The van der Waals surface area contributed by atoms with E-state index in [0.29, 0.717) is 5.56 Å². The van der Waals surface area contributed by atoms with Crippen molar-refractivity contribution in [1.82, 2.24) is 9.55 Å². The summed E-state index contributed by atoms with van der Waals surface area (Å²) in [6.07, 6.45) is 4.22. The highest BCUT2D eigenvalue weighted by Crippen LogP contribution is 2.41. The molecule has 2 atom stereocenters. The van der Waals surface area contributed by atoms with Gasteiger partial charge in [0.05, 0.1) is 6.61 Å². The summed E-state index contributed by atoms with van der Waals surface area (Å²) in [4.78, 5) is 26.4. The summed E-state index contributed by atoms with van der Waals surface area (Å²) >= 11 is 0. The lowest BCUT2D eigenvalue weighted by Crippen LogP contribution is -2.36. The molecule has 4 aromatic rings. The molecule has 6 nitrogen and oxygen atoms in total. The predicted molar refractivity (Wildman–Crippen MR) is 134 cm³/mol. The van der Waals surface area contributed by atoms with E-state index in [9.17, 15) is 9.59 Å². The largest absolute Gasteiger partial charge is 0.358 e. The van der Waals surface area contributed by atoms with Crippen LogP contribution >= 0.6 is 0 Å². The standard InChI is InChI=1S/C29H26N2O4/c1-21-19-31(28(33)30-27(21)32)26-18-17-25(35-26)20-34-29(22-11-5-2-6-12-22,23-13-7-3-8-14-23)24-15-9-4-10-16-24/h2-19,25-26H,20H2,1H3,(H,30,32,33). The first-order chi connectivity index (χ1) is 17.1. The van der Waals surface area contributed by atoms with Gasteiger partial charge in [0.15, 0.2) is 6.23 Å². The Bertz CT molecular complexity index is 1330. The molecule has 1 aromatic heterocycles. The van der Waals surface area contributed by atoms with Crippen molar-refractivity contribution in [1.29, 1.82) is 0 Å². The van der Waals surface area contributed by atoms with Crippen molar-refractivity contribution in [3.63, 3.8) is 0 Å². The normalized spacial score (nSPS) is 17.5. The Labute approximate surface area is 203 Å².